The molecule has 0 aromatic heterocycles. The van der Waals surface area contributed by atoms with E-state index in [0.717, 1.165) is 18.4 Å². The molecule has 0 bridgehead atoms. The molecule has 0 aliphatic rings. The Morgan fingerprint density at radius 3 is 2.11 bits per heavy atom. The Morgan fingerprint density at radius 1 is 0.944 bits per heavy atom. The van der Waals surface area contributed by atoms with Crippen LogP contribution >= 0.6 is 22.6 Å². The lowest BCUT2D eigenvalue weighted by Gasteiger charge is -2.10. The number of aliphatic hydroxyl groups excluding tert-OH is 1. The van der Waals surface area contributed by atoms with E-state index < -0.39 is 0 Å². The van der Waals surface area contributed by atoms with Crippen molar-refractivity contribution in [3.8, 4) is 0 Å². The normalized spacial score (nSPS) is 12.6. The van der Waals surface area contributed by atoms with Crippen LogP contribution in [0.1, 0.15) is 70.0 Å². The second kappa shape index (κ2) is 9.79. The lowest BCUT2D eigenvalue weighted by Crippen LogP contribution is -1.97. The van der Waals surface area contributed by atoms with Crippen LogP contribution in [0.3, 0.4) is 0 Å². The van der Waals surface area contributed by atoms with Gasteiger partial charge in [-0.05, 0) is 46.7 Å². The highest BCUT2D eigenvalue weighted by Crippen LogP contribution is 2.21. The molecule has 0 aliphatic carbocycles. The van der Waals surface area contributed by atoms with Crippen molar-refractivity contribution in [2.24, 2.45) is 0 Å². The Hall–Kier alpha value is -0.0900. The predicted octanol–water partition coefficient (Wildman–Crippen LogP) is 5.47. The summed E-state index contributed by atoms with van der Waals surface area (Å²) in [6.07, 6.45) is 9.73. The van der Waals surface area contributed by atoms with Gasteiger partial charge < -0.3 is 5.11 Å². The van der Waals surface area contributed by atoms with Gasteiger partial charge in [-0.15, -0.1) is 0 Å². The van der Waals surface area contributed by atoms with Gasteiger partial charge in [-0.25, -0.2) is 0 Å². The monoisotopic (exact) mass is 360 g/mol. The van der Waals surface area contributed by atoms with Gasteiger partial charge in [-0.2, -0.15) is 0 Å². The highest BCUT2D eigenvalue weighted by atomic mass is 127. The zero-order valence-corrected chi connectivity index (χ0v) is 13.5. The first kappa shape index (κ1) is 16.0. The van der Waals surface area contributed by atoms with Crippen molar-refractivity contribution >= 4 is 22.6 Å². The Kier molecular flexibility index (Phi) is 8.68. The van der Waals surface area contributed by atoms with Gasteiger partial charge >= 0.3 is 0 Å². The van der Waals surface area contributed by atoms with E-state index in [9.17, 15) is 5.11 Å². The van der Waals surface area contributed by atoms with E-state index in [1.54, 1.807) is 0 Å². The highest BCUT2D eigenvalue weighted by Gasteiger charge is 2.06. The molecule has 0 aliphatic heterocycles. The van der Waals surface area contributed by atoms with E-state index in [4.69, 9.17) is 0 Å². The summed E-state index contributed by atoms with van der Waals surface area (Å²) >= 11 is 2.29. The van der Waals surface area contributed by atoms with E-state index >= 15 is 0 Å². The molecule has 1 rings (SSSR count). The van der Waals surface area contributed by atoms with Crippen LogP contribution in [-0.2, 0) is 0 Å². The number of halogens is 1. The van der Waals surface area contributed by atoms with Crippen LogP contribution in [0.2, 0.25) is 0 Å². The molecule has 0 amide bonds. The lowest BCUT2D eigenvalue weighted by atomic mass is 10.0. The smallest absolute Gasteiger partial charge is 0.0790 e. The average molecular weight is 360 g/mol. The maximum atomic E-state index is 10.0. The fraction of sp³-hybridized carbons (Fsp3) is 0.625. The molecule has 102 valence electrons. The van der Waals surface area contributed by atoms with Crippen LogP contribution < -0.4 is 0 Å². The molecule has 1 aromatic rings. The lowest BCUT2D eigenvalue weighted by molar-refractivity contribution is 0.163. The summed E-state index contributed by atoms with van der Waals surface area (Å²) in [6, 6.07) is 8.19. The number of hydrogen-bond acceptors (Lipinski definition) is 1. The third-order valence-corrected chi connectivity index (χ3v) is 4.06. The quantitative estimate of drug-likeness (QED) is 0.458. The largest absolute Gasteiger partial charge is 0.388 e. The minimum Gasteiger partial charge on any atom is -0.388 e. The van der Waals surface area contributed by atoms with Gasteiger partial charge in [0.05, 0.1) is 6.10 Å². The van der Waals surface area contributed by atoms with Gasteiger partial charge in [0.1, 0.15) is 0 Å². The maximum absolute atomic E-state index is 10.0. The number of aliphatic hydroxyl groups is 1. The molecule has 18 heavy (non-hydrogen) atoms. The van der Waals surface area contributed by atoms with Crippen molar-refractivity contribution < 1.29 is 5.11 Å². The van der Waals surface area contributed by atoms with E-state index in [1.807, 2.05) is 12.1 Å². The summed E-state index contributed by atoms with van der Waals surface area (Å²) < 4.78 is 1.22. The fourth-order valence-electron chi connectivity index (χ4n) is 2.15. The Bertz CT molecular complexity index is 307. The van der Waals surface area contributed by atoms with E-state index in [2.05, 4.69) is 41.6 Å². The molecule has 1 aromatic carbocycles. The summed E-state index contributed by atoms with van der Waals surface area (Å²) in [5, 5.41) is 10.0. The third kappa shape index (κ3) is 6.74. The molecule has 1 unspecified atom stereocenters. The minimum absolute atomic E-state index is 0.280. The molecule has 0 saturated heterocycles. The Balaban J connectivity index is 2.10. The van der Waals surface area contributed by atoms with Crippen molar-refractivity contribution in [1.29, 1.82) is 0 Å². The summed E-state index contributed by atoms with van der Waals surface area (Å²) in [4.78, 5) is 0. The fourth-order valence-corrected chi connectivity index (χ4v) is 2.51. The summed E-state index contributed by atoms with van der Waals surface area (Å²) in [5.41, 5.74) is 1.06. The Morgan fingerprint density at radius 2 is 1.50 bits per heavy atom. The highest BCUT2D eigenvalue weighted by molar-refractivity contribution is 14.1. The molecular weight excluding hydrogens is 335 g/mol. The number of benzene rings is 1. The molecule has 1 nitrogen and oxygen atoms in total. The molecule has 2 heteroatoms. The standard InChI is InChI=1S/C16H25IO/c1-2-3-4-5-6-7-8-9-16(18)14-10-12-15(17)13-11-14/h10-13,16,18H,2-9H2,1H3. The van der Waals surface area contributed by atoms with Crippen molar-refractivity contribution in [2.45, 2.75) is 64.4 Å². The minimum atomic E-state index is -0.280. The van der Waals surface area contributed by atoms with Crippen LogP contribution in [0.5, 0.6) is 0 Å². The topological polar surface area (TPSA) is 20.2 Å². The van der Waals surface area contributed by atoms with Crippen LogP contribution in [0.15, 0.2) is 24.3 Å². The molecule has 1 N–H and O–H groups in total. The van der Waals surface area contributed by atoms with Crippen molar-refractivity contribution in [3.63, 3.8) is 0 Å². The van der Waals surface area contributed by atoms with Gasteiger partial charge in [0.2, 0.25) is 0 Å². The van der Waals surface area contributed by atoms with Crippen LogP contribution in [0.4, 0.5) is 0 Å². The zero-order chi connectivity index (χ0) is 13.2. The first-order chi connectivity index (χ1) is 8.74. The average Bonchev–Trinajstić information content (AvgIpc) is 2.38. The Labute approximate surface area is 125 Å². The molecule has 1 atom stereocenters. The van der Waals surface area contributed by atoms with Gasteiger partial charge in [0, 0.05) is 3.57 Å². The van der Waals surface area contributed by atoms with Crippen LogP contribution in [0, 0.1) is 3.57 Å². The first-order valence-corrected chi connectivity index (χ1v) is 8.25. The number of unbranched alkanes of at least 4 members (excludes halogenated alkanes) is 6. The second-order valence-electron chi connectivity index (χ2n) is 4.98. The third-order valence-electron chi connectivity index (χ3n) is 3.34. The van der Waals surface area contributed by atoms with Crippen molar-refractivity contribution in [1.82, 2.24) is 0 Å². The SMILES string of the molecule is CCCCCCCCCC(O)c1ccc(I)cc1. The van der Waals surface area contributed by atoms with Crippen molar-refractivity contribution in [3.05, 3.63) is 33.4 Å². The van der Waals surface area contributed by atoms with E-state index in [1.165, 1.54) is 42.1 Å². The van der Waals surface area contributed by atoms with Gasteiger partial charge in [0.25, 0.3) is 0 Å². The number of hydrogen-bond donors (Lipinski definition) is 1. The maximum Gasteiger partial charge on any atom is 0.0790 e. The van der Waals surface area contributed by atoms with E-state index in [0.29, 0.717) is 0 Å². The molecule has 0 heterocycles. The second-order valence-corrected chi connectivity index (χ2v) is 6.22. The molecule has 0 radical (unpaired) electrons. The van der Waals surface area contributed by atoms with Crippen LogP contribution in [-0.4, -0.2) is 5.11 Å². The van der Waals surface area contributed by atoms with Crippen molar-refractivity contribution in [2.75, 3.05) is 0 Å². The van der Waals surface area contributed by atoms with E-state index in [-0.39, 0.29) is 6.10 Å². The summed E-state index contributed by atoms with van der Waals surface area (Å²) in [5.74, 6) is 0. The van der Waals surface area contributed by atoms with Gasteiger partial charge in [-0.3, -0.25) is 0 Å². The molecule has 0 spiro atoms. The summed E-state index contributed by atoms with van der Waals surface area (Å²) in [7, 11) is 0. The zero-order valence-electron chi connectivity index (χ0n) is 11.4. The predicted molar refractivity (Wildman–Crippen MR) is 86.7 cm³/mol. The van der Waals surface area contributed by atoms with Gasteiger partial charge in [0.15, 0.2) is 0 Å². The first-order valence-electron chi connectivity index (χ1n) is 7.17. The molecular formula is C16H25IO. The molecule has 0 fully saturated rings. The van der Waals surface area contributed by atoms with Crippen LogP contribution in [0.25, 0.3) is 0 Å². The van der Waals surface area contributed by atoms with Gasteiger partial charge in [-0.1, -0.05) is 64.0 Å². The number of rotatable bonds is 9. The molecule has 0 saturated carbocycles. The summed E-state index contributed by atoms with van der Waals surface area (Å²) in [6.45, 7) is 2.25.